The molecule has 1 heterocycles. The quantitative estimate of drug-likeness (QED) is 0.759. The van der Waals surface area contributed by atoms with Gasteiger partial charge in [0.25, 0.3) is 0 Å². The average molecular weight is 238 g/mol. The topological polar surface area (TPSA) is 39.9 Å². The maximum atomic E-state index is 12.6. The van der Waals surface area contributed by atoms with Crippen molar-refractivity contribution in [2.45, 2.75) is 11.8 Å². The summed E-state index contributed by atoms with van der Waals surface area (Å²) in [4.78, 5) is 0. The Kier molecular flexibility index (Phi) is 3.00. The van der Waals surface area contributed by atoms with Gasteiger partial charge in [-0.2, -0.15) is 5.10 Å². The molecule has 4 nitrogen and oxygen atoms in total. The molecule has 2 aromatic rings. The van der Waals surface area contributed by atoms with E-state index < -0.39 is 0 Å². The minimum absolute atomic E-state index is 0.256. The fraction of sp³-hybridized carbons (Fsp3) is 0.200. The molecule has 0 saturated heterocycles. The van der Waals surface area contributed by atoms with E-state index in [4.69, 9.17) is 17.4 Å². The van der Waals surface area contributed by atoms with Gasteiger partial charge in [0.1, 0.15) is 18.2 Å². The Balaban J connectivity index is 2.02. The van der Waals surface area contributed by atoms with Crippen molar-refractivity contribution >= 4 is 12.6 Å². The molecule has 0 aliphatic heterocycles. The van der Waals surface area contributed by atoms with Gasteiger partial charge in [-0.05, 0) is 24.3 Å². The van der Waals surface area contributed by atoms with Crippen LogP contribution in [-0.4, -0.2) is 14.8 Å². The molecule has 0 amide bonds. The third-order valence-electron chi connectivity index (χ3n) is 2.11. The first-order valence-corrected chi connectivity index (χ1v) is 5.01. The third kappa shape index (κ3) is 2.27. The van der Waals surface area contributed by atoms with Crippen LogP contribution in [0.15, 0.2) is 29.4 Å². The minimum atomic E-state index is -0.293. The summed E-state index contributed by atoms with van der Waals surface area (Å²) in [5.74, 6) is 0.920. The maximum absolute atomic E-state index is 12.6. The molecular formula is C10H9FN3OS-. The van der Waals surface area contributed by atoms with Crippen LogP contribution in [0.5, 0.6) is 5.75 Å². The molecule has 1 aromatic carbocycles. The van der Waals surface area contributed by atoms with Crippen LogP contribution >= 0.6 is 0 Å². The lowest BCUT2D eigenvalue weighted by molar-refractivity contribution is 0.290. The Morgan fingerprint density at radius 1 is 1.31 bits per heavy atom. The lowest BCUT2D eigenvalue weighted by atomic mass is 10.3. The molecule has 0 fully saturated rings. The van der Waals surface area contributed by atoms with Crippen LogP contribution in [0.1, 0.15) is 5.82 Å². The predicted octanol–water partition coefficient (Wildman–Crippen LogP) is 1.44. The van der Waals surface area contributed by atoms with E-state index in [9.17, 15) is 4.39 Å². The molecule has 0 spiro atoms. The van der Waals surface area contributed by atoms with Gasteiger partial charge < -0.3 is 21.9 Å². The first-order chi connectivity index (χ1) is 7.66. The summed E-state index contributed by atoms with van der Waals surface area (Å²) in [6.45, 7) is 0.256. The highest BCUT2D eigenvalue weighted by Gasteiger charge is 2.02. The van der Waals surface area contributed by atoms with Gasteiger partial charge in [0, 0.05) is 12.2 Å². The zero-order valence-corrected chi connectivity index (χ0v) is 9.37. The molecule has 0 saturated carbocycles. The van der Waals surface area contributed by atoms with E-state index in [1.54, 1.807) is 23.7 Å². The monoisotopic (exact) mass is 238 g/mol. The van der Waals surface area contributed by atoms with E-state index in [1.165, 1.54) is 12.1 Å². The van der Waals surface area contributed by atoms with Crippen LogP contribution in [0.3, 0.4) is 0 Å². The van der Waals surface area contributed by atoms with Crippen molar-refractivity contribution in [2.75, 3.05) is 0 Å². The number of halogens is 1. The van der Waals surface area contributed by atoms with E-state index in [-0.39, 0.29) is 12.4 Å². The fourth-order valence-corrected chi connectivity index (χ4v) is 1.30. The SMILES string of the molecule is Cn1c([S-])nnc1COc1ccc(F)cc1. The van der Waals surface area contributed by atoms with Crippen molar-refractivity contribution in [3.8, 4) is 5.75 Å². The molecule has 2 rings (SSSR count). The van der Waals surface area contributed by atoms with E-state index in [0.29, 0.717) is 16.7 Å². The van der Waals surface area contributed by atoms with Crippen molar-refractivity contribution in [1.82, 2.24) is 14.8 Å². The van der Waals surface area contributed by atoms with Gasteiger partial charge in [-0.25, -0.2) is 4.39 Å². The number of benzene rings is 1. The molecule has 16 heavy (non-hydrogen) atoms. The van der Waals surface area contributed by atoms with Crippen LogP contribution in [0.4, 0.5) is 4.39 Å². The number of aromatic nitrogens is 3. The Bertz CT molecular complexity index is 483. The van der Waals surface area contributed by atoms with Gasteiger partial charge in [-0.1, -0.05) is 0 Å². The summed E-state index contributed by atoms with van der Waals surface area (Å²) < 4.78 is 19.7. The van der Waals surface area contributed by atoms with E-state index >= 15 is 0 Å². The summed E-state index contributed by atoms with van der Waals surface area (Å²) in [7, 11) is 1.77. The summed E-state index contributed by atoms with van der Waals surface area (Å²) in [5, 5.41) is 8.00. The van der Waals surface area contributed by atoms with Crippen molar-refractivity contribution in [3.05, 3.63) is 35.9 Å². The molecule has 0 atom stereocenters. The maximum Gasteiger partial charge on any atom is 0.169 e. The minimum Gasteiger partial charge on any atom is -0.740 e. The third-order valence-corrected chi connectivity index (χ3v) is 2.46. The second-order valence-corrected chi connectivity index (χ2v) is 3.57. The van der Waals surface area contributed by atoms with E-state index in [1.807, 2.05) is 0 Å². The average Bonchev–Trinajstić information content (AvgIpc) is 2.60. The van der Waals surface area contributed by atoms with Crippen molar-refractivity contribution in [2.24, 2.45) is 7.05 Å². The lowest BCUT2D eigenvalue weighted by Crippen LogP contribution is -2.04. The van der Waals surface area contributed by atoms with Gasteiger partial charge >= 0.3 is 0 Å². The number of ether oxygens (including phenoxy) is 1. The zero-order valence-electron chi connectivity index (χ0n) is 8.55. The number of nitrogens with zero attached hydrogens (tertiary/aromatic N) is 3. The molecule has 0 radical (unpaired) electrons. The van der Waals surface area contributed by atoms with Gasteiger partial charge in [0.2, 0.25) is 0 Å². The zero-order chi connectivity index (χ0) is 11.5. The van der Waals surface area contributed by atoms with Crippen molar-refractivity contribution in [1.29, 1.82) is 0 Å². The summed E-state index contributed by atoms with van der Waals surface area (Å²) in [6.07, 6.45) is 0. The number of hydrogen-bond donors (Lipinski definition) is 0. The summed E-state index contributed by atoms with van der Waals surface area (Å²) in [6, 6.07) is 5.79. The van der Waals surface area contributed by atoms with Crippen molar-refractivity contribution < 1.29 is 9.13 Å². The summed E-state index contributed by atoms with van der Waals surface area (Å²) in [5.41, 5.74) is 0. The van der Waals surface area contributed by atoms with E-state index in [2.05, 4.69) is 10.2 Å². The molecule has 0 unspecified atom stereocenters. The second kappa shape index (κ2) is 4.44. The summed E-state index contributed by atoms with van der Waals surface area (Å²) >= 11 is 4.91. The smallest absolute Gasteiger partial charge is 0.169 e. The van der Waals surface area contributed by atoms with E-state index in [0.717, 1.165) is 0 Å². The van der Waals surface area contributed by atoms with Crippen LogP contribution in [0, 0.1) is 5.82 Å². The molecule has 0 aliphatic carbocycles. The molecule has 0 bridgehead atoms. The Morgan fingerprint density at radius 2 is 2.00 bits per heavy atom. The molecule has 6 heteroatoms. The lowest BCUT2D eigenvalue weighted by Gasteiger charge is -2.07. The Labute approximate surface area is 97.5 Å². The normalized spacial score (nSPS) is 10.4. The van der Waals surface area contributed by atoms with Crippen LogP contribution in [0.25, 0.3) is 0 Å². The highest BCUT2D eigenvalue weighted by Crippen LogP contribution is 2.12. The Hall–Kier alpha value is -1.69. The fourth-order valence-electron chi connectivity index (χ4n) is 1.15. The predicted molar refractivity (Wildman–Crippen MR) is 57.4 cm³/mol. The molecule has 84 valence electrons. The van der Waals surface area contributed by atoms with Gasteiger partial charge in [0.05, 0.1) is 0 Å². The van der Waals surface area contributed by atoms with Gasteiger partial charge in [-0.3, -0.25) is 0 Å². The highest BCUT2D eigenvalue weighted by molar-refractivity contribution is 7.58. The number of hydrogen-bond acceptors (Lipinski definition) is 4. The van der Waals surface area contributed by atoms with Crippen molar-refractivity contribution in [3.63, 3.8) is 0 Å². The second-order valence-electron chi connectivity index (χ2n) is 3.20. The molecular weight excluding hydrogens is 229 g/mol. The Morgan fingerprint density at radius 3 is 2.56 bits per heavy atom. The van der Waals surface area contributed by atoms with Crippen LogP contribution in [0.2, 0.25) is 0 Å². The largest absolute Gasteiger partial charge is 0.740 e. The van der Waals surface area contributed by atoms with Crippen LogP contribution < -0.4 is 4.74 Å². The standard InChI is InChI=1S/C10H10FN3OS/c1-14-9(12-13-10(14)16)6-15-8-4-2-7(11)3-5-8/h2-5H,6H2,1H3,(H,13,16)/p-1. The first-order valence-electron chi connectivity index (χ1n) is 4.60. The number of rotatable bonds is 3. The van der Waals surface area contributed by atoms with Gasteiger partial charge in [0.15, 0.2) is 5.82 Å². The highest BCUT2D eigenvalue weighted by atomic mass is 32.1. The van der Waals surface area contributed by atoms with Gasteiger partial charge in [-0.15, -0.1) is 5.10 Å². The molecule has 0 N–H and O–H groups in total. The van der Waals surface area contributed by atoms with Crippen LogP contribution in [-0.2, 0) is 26.3 Å². The molecule has 0 aliphatic rings. The first kappa shape index (κ1) is 10.8. The molecule has 1 aromatic heterocycles.